The SMILES string of the molecule is CCCC(O)(CCC)c1cnc(-c2c(CC)cccc2CC)cc1N1CCC1. The quantitative estimate of drug-likeness (QED) is 0.591. The van der Waals surface area contributed by atoms with E-state index in [-0.39, 0.29) is 0 Å². The second-order valence-corrected chi connectivity index (χ2v) is 8.12. The zero-order valence-electron chi connectivity index (χ0n) is 18.1. The van der Waals surface area contributed by atoms with E-state index in [9.17, 15) is 5.11 Å². The van der Waals surface area contributed by atoms with Crippen LogP contribution in [-0.4, -0.2) is 23.2 Å². The molecule has 1 aliphatic rings. The Kier molecular flexibility index (Phi) is 6.77. The highest BCUT2D eigenvalue weighted by Gasteiger charge is 2.33. The van der Waals surface area contributed by atoms with Crippen LogP contribution in [0.1, 0.15) is 76.5 Å². The van der Waals surface area contributed by atoms with Crippen LogP contribution in [0.2, 0.25) is 0 Å². The highest BCUT2D eigenvalue weighted by atomic mass is 16.3. The van der Waals surface area contributed by atoms with E-state index in [1.807, 2.05) is 6.20 Å². The third-order valence-electron chi connectivity index (χ3n) is 6.16. The molecule has 2 heterocycles. The number of nitrogens with zero attached hydrogens (tertiary/aromatic N) is 2. The Balaban J connectivity index is 2.15. The Morgan fingerprint density at radius 2 is 1.61 bits per heavy atom. The van der Waals surface area contributed by atoms with Crippen LogP contribution < -0.4 is 4.90 Å². The summed E-state index contributed by atoms with van der Waals surface area (Å²) in [7, 11) is 0. The van der Waals surface area contributed by atoms with Gasteiger partial charge in [0.15, 0.2) is 0 Å². The van der Waals surface area contributed by atoms with E-state index >= 15 is 0 Å². The summed E-state index contributed by atoms with van der Waals surface area (Å²) in [5.74, 6) is 0. The van der Waals surface area contributed by atoms with Gasteiger partial charge in [-0.2, -0.15) is 0 Å². The summed E-state index contributed by atoms with van der Waals surface area (Å²) in [5.41, 5.74) is 6.47. The van der Waals surface area contributed by atoms with Crippen molar-refractivity contribution in [3.05, 3.63) is 47.2 Å². The molecule has 0 radical (unpaired) electrons. The Morgan fingerprint density at radius 3 is 2.07 bits per heavy atom. The zero-order valence-corrected chi connectivity index (χ0v) is 18.1. The maximum atomic E-state index is 11.5. The molecule has 1 N–H and O–H groups in total. The molecule has 0 unspecified atom stereocenters. The van der Waals surface area contributed by atoms with Gasteiger partial charge in [0.1, 0.15) is 0 Å². The van der Waals surface area contributed by atoms with Crippen molar-refractivity contribution >= 4 is 5.69 Å². The van der Waals surface area contributed by atoms with Crippen molar-refractivity contribution in [2.75, 3.05) is 18.0 Å². The normalized spacial score (nSPS) is 14.2. The summed E-state index contributed by atoms with van der Waals surface area (Å²) < 4.78 is 0. The number of pyridine rings is 1. The van der Waals surface area contributed by atoms with Crippen LogP contribution in [-0.2, 0) is 18.4 Å². The number of aromatic nitrogens is 1. The van der Waals surface area contributed by atoms with Crippen molar-refractivity contribution in [2.45, 2.75) is 78.2 Å². The predicted octanol–water partition coefficient (Wildman–Crippen LogP) is 5.87. The molecule has 1 aromatic carbocycles. The van der Waals surface area contributed by atoms with Crippen LogP contribution in [0.15, 0.2) is 30.5 Å². The first-order chi connectivity index (χ1) is 13.6. The lowest BCUT2D eigenvalue weighted by Crippen LogP contribution is -2.40. The lowest BCUT2D eigenvalue weighted by molar-refractivity contribution is 0.0170. The van der Waals surface area contributed by atoms with E-state index in [1.54, 1.807) is 0 Å². The van der Waals surface area contributed by atoms with Gasteiger partial charge in [-0.3, -0.25) is 4.98 Å². The fourth-order valence-electron chi connectivity index (χ4n) is 4.55. The van der Waals surface area contributed by atoms with Crippen molar-refractivity contribution in [1.82, 2.24) is 4.98 Å². The summed E-state index contributed by atoms with van der Waals surface area (Å²) in [6, 6.07) is 8.85. The monoisotopic (exact) mass is 380 g/mol. The van der Waals surface area contributed by atoms with E-state index in [0.29, 0.717) is 0 Å². The number of hydrogen-bond acceptors (Lipinski definition) is 3. The number of anilines is 1. The third-order valence-corrected chi connectivity index (χ3v) is 6.16. The molecule has 0 bridgehead atoms. The Labute approximate surface area is 170 Å². The summed E-state index contributed by atoms with van der Waals surface area (Å²) in [4.78, 5) is 7.33. The van der Waals surface area contributed by atoms with Gasteiger partial charge in [-0.05, 0) is 49.3 Å². The molecule has 0 saturated carbocycles. The molecule has 3 rings (SSSR count). The molecule has 0 aliphatic carbocycles. The minimum absolute atomic E-state index is 0.780. The van der Waals surface area contributed by atoms with E-state index in [4.69, 9.17) is 4.98 Å². The van der Waals surface area contributed by atoms with Crippen LogP contribution in [0.3, 0.4) is 0 Å². The van der Waals surface area contributed by atoms with Gasteiger partial charge in [0.25, 0.3) is 0 Å². The Hall–Kier alpha value is -1.87. The topological polar surface area (TPSA) is 36.4 Å². The second kappa shape index (κ2) is 9.09. The van der Waals surface area contributed by atoms with Crippen LogP contribution in [0.5, 0.6) is 0 Å². The van der Waals surface area contributed by atoms with Gasteiger partial charge in [-0.1, -0.05) is 58.7 Å². The van der Waals surface area contributed by atoms with Gasteiger partial charge in [0.2, 0.25) is 0 Å². The summed E-state index contributed by atoms with van der Waals surface area (Å²) >= 11 is 0. The maximum Gasteiger partial charge on any atom is 0.0931 e. The van der Waals surface area contributed by atoms with Gasteiger partial charge in [-0.15, -0.1) is 0 Å². The van der Waals surface area contributed by atoms with Crippen LogP contribution >= 0.6 is 0 Å². The van der Waals surface area contributed by atoms with Crippen LogP contribution in [0, 0.1) is 0 Å². The van der Waals surface area contributed by atoms with Crippen molar-refractivity contribution in [1.29, 1.82) is 0 Å². The molecule has 3 heteroatoms. The van der Waals surface area contributed by atoms with E-state index < -0.39 is 5.60 Å². The molecule has 0 amide bonds. The second-order valence-electron chi connectivity index (χ2n) is 8.12. The Bertz CT molecular complexity index is 767. The number of aliphatic hydroxyl groups is 1. The number of rotatable bonds is 9. The highest BCUT2D eigenvalue weighted by Crippen LogP contribution is 2.41. The van der Waals surface area contributed by atoms with Gasteiger partial charge < -0.3 is 10.0 Å². The molecule has 1 saturated heterocycles. The number of hydrogen-bond donors (Lipinski definition) is 1. The third kappa shape index (κ3) is 3.96. The minimum atomic E-state index is -0.780. The lowest BCUT2D eigenvalue weighted by Gasteiger charge is -2.39. The fourth-order valence-corrected chi connectivity index (χ4v) is 4.55. The first-order valence-electron chi connectivity index (χ1n) is 11.2. The molecular formula is C25H36N2O. The summed E-state index contributed by atoms with van der Waals surface area (Å²) in [5, 5.41) is 11.5. The molecule has 1 aromatic heterocycles. The van der Waals surface area contributed by atoms with Crippen LogP contribution in [0.25, 0.3) is 11.3 Å². The van der Waals surface area contributed by atoms with Gasteiger partial charge in [0.05, 0.1) is 11.3 Å². The average Bonchev–Trinajstić information content (AvgIpc) is 2.66. The van der Waals surface area contributed by atoms with Crippen LogP contribution in [0.4, 0.5) is 5.69 Å². The van der Waals surface area contributed by atoms with Gasteiger partial charge >= 0.3 is 0 Å². The Morgan fingerprint density at radius 1 is 1.00 bits per heavy atom. The lowest BCUT2D eigenvalue weighted by atomic mass is 9.84. The first-order valence-corrected chi connectivity index (χ1v) is 11.2. The highest BCUT2D eigenvalue weighted by molar-refractivity contribution is 5.73. The molecule has 0 atom stereocenters. The van der Waals surface area contributed by atoms with E-state index in [1.165, 1.54) is 28.8 Å². The first kappa shape index (κ1) is 20.9. The number of benzene rings is 1. The summed E-state index contributed by atoms with van der Waals surface area (Å²) in [6.07, 6.45) is 8.71. The zero-order chi connectivity index (χ0) is 20.1. The number of aryl methyl sites for hydroxylation is 2. The molecule has 3 nitrogen and oxygen atoms in total. The molecule has 2 aromatic rings. The predicted molar refractivity (Wildman–Crippen MR) is 119 cm³/mol. The molecule has 1 fully saturated rings. The van der Waals surface area contributed by atoms with Gasteiger partial charge in [0, 0.05) is 36.1 Å². The minimum Gasteiger partial charge on any atom is -0.385 e. The summed E-state index contributed by atoms with van der Waals surface area (Å²) in [6.45, 7) is 10.9. The smallest absolute Gasteiger partial charge is 0.0931 e. The molecule has 1 aliphatic heterocycles. The van der Waals surface area contributed by atoms with Gasteiger partial charge in [-0.25, -0.2) is 0 Å². The van der Waals surface area contributed by atoms with Crippen molar-refractivity contribution in [2.24, 2.45) is 0 Å². The molecular weight excluding hydrogens is 344 g/mol. The average molecular weight is 381 g/mol. The molecule has 28 heavy (non-hydrogen) atoms. The van der Waals surface area contributed by atoms with Crippen molar-refractivity contribution in [3.63, 3.8) is 0 Å². The maximum absolute atomic E-state index is 11.5. The fraction of sp³-hybridized carbons (Fsp3) is 0.560. The van der Waals surface area contributed by atoms with Crippen molar-refractivity contribution < 1.29 is 5.11 Å². The van der Waals surface area contributed by atoms with E-state index in [2.05, 4.69) is 56.9 Å². The van der Waals surface area contributed by atoms with E-state index in [0.717, 1.165) is 62.9 Å². The largest absolute Gasteiger partial charge is 0.385 e. The molecule has 152 valence electrons. The standard InChI is InChI=1S/C25H36N2O/c1-5-13-25(28,14-6-2)21-18-26-22(17-23(21)27-15-10-16-27)24-19(7-3)11-9-12-20(24)8-4/h9,11-12,17-18,28H,5-8,10,13-16H2,1-4H3. The molecule has 0 spiro atoms. The van der Waals surface area contributed by atoms with Crippen molar-refractivity contribution in [3.8, 4) is 11.3 Å².